The summed E-state index contributed by atoms with van der Waals surface area (Å²) in [6.07, 6.45) is -1.25. The lowest BCUT2D eigenvalue weighted by Crippen LogP contribution is -2.06. The number of carbonyl (C=O) groups excluding carboxylic acids is 1. The van der Waals surface area contributed by atoms with Crippen LogP contribution >= 0.6 is 15.9 Å². The summed E-state index contributed by atoms with van der Waals surface area (Å²) in [5.41, 5.74) is 1.08. The number of carbonyl (C=O) groups is 1. The molecule has 5 nitrogen and oxygen atoms in total. The Morgan fingerprint density at radius 2 is 1.90 bits per heavy atom. The van der Waals surface area contributed by atoms with Gasteiger partial charge in [0.2, 0.25) is 0 Å². The fourth-order valence-electron chi connectivity index (χ4n) is 2.56. The Kier molecular flexibility index (Phi) is 6.26. The molecule has 1 heterocycles. The Bertz CT molecular complexity index is 1000. The van der Waals surface area contributed by atoms with Crippen LogP contribution in [0.2, 0.25) is 0 Å². The van der Waals surface area contributed by atoms with Gasteiger partial charge >= 0.3 is 12.1 Å². The van der Waals surface area contributed by atoms with Crippen LogP contribution in [-0.2, 0) is 24.1 Å². The summed E-state index contributed by atoms with van der Waals surface area (Å²) in [5.74, 6) is 0.0864. The zero-order valence-electron chi connectivity index (χ0n) is 15.2. The van der Waals surface area contributed by atoms with Gasteiger partial charge in [-0.1, -0.05) is 34.1 Å². The first kappa shape index (κ1) is 20.9. The van der Waals surface area contributed by atoms with Gasteiger partial charge in [-0.25, -0.2) is 9.78 Å². The highest BCUT2D eigenvalue weighted by atomic mass is 79.9. The van der Waals surface area contributed by atoms with Crippen molar-refractivity contribution < 1.29 is 27.4 Å². The van der Waals surface area contributed by atoms with Gasteiger partial charge in [0.15, 0.2) is 5.69 Å². The molecule has 29 heavy (non-hydrogen) atoms. The maximum atomic E-state index is 12.7. The van der Waals surface area contributed by atoms with Crippen LogP contribution in [0.5, 0.6) is 5.75 Å². The van der Waals surface area contributed by atoms with E-state index >= 15 is 0 Å². The fourth-order valence-corrected chi connectivity index (χ4v) is 3.05. The van der Waals surface area contributed by atoms with Gasteiger partial charge in [-0.05, 0) is 29.8 Å². The number of rotatable bonds is 6. The molecular weight excluding hydrogens is 453 g/mol. The molecule has 0 saturated carbocycles. The maximum Gasteiger partial charge on any atom is 0.416 e. The number of hydrogen-bond donors (Lipinski definition) is 0. The van der Waals surface area contributed by atoms with Crippen molar-refractivity contribution in [3.63, 3.8) is 0 Å². The fraction of sp³-hybridized carbons (Fsp3) is 0.200. The Morgan fingerprint density at radius 1 is 1.17 bits per heavy atom. The standard InChI is InChI=1S/C20H16BrF3N2O3/c1-28-19(27)18-10-26(12-25-18)9-13-2-6-16(7-3-13)29-11-14-4-5-15(8-17(14)21)20(22,23)24/h2-8,10,12H,9,11H2,1H3. The number of esters is 1. The average molecular weight is 469 g/mol. The van der Waals surface area contributed by atoms with E-state index in [2.05, 4.69) is 25.7 Å². The van der Waals surface area contributed by atoms with E-state index in [4.69, 9.17) is 4.74 Å². The highest BCUT2D eigenvalue weighted by Crippen LogP contribution is 2.32. The van der Waals surface area contributed by atoms with Crippen LogP contribution in [0.25, 0.3) is 0 Å². The van der Waals surface area contributed by atoms with Crippen molar-refractivity contribution >= 4 is 21.9 Å². The van der Waals surface area contributed by atoms with Crippen LogP contribution in [0.4, 0.5) is 13.2 Å². The molecule has 0 fully saturated rings. The minimum atomic E-state index is -4.38. The SMILES string of the molecule is COC(=O)c1cn(Cc2ccc(OCc3ccc(C(F)(F)F)cc3Br)cc2)cn1. The van der Waals surface area contributed by atoms with Crippen molar-refractivity contribution in [2.75, 3.05) is 7.11 Å². The molecule has 152 valence electrons. The summed E-state index contributed by atoms with van der Waals surface area (Å²) in [6, 6.07) is 10.7. The lowest BCUT2D eigenvalue weighted by molar-refractivity contribution is -0.137. The number of hydrogen-bond acceptors (Lipinski definition) is 4. The second kappa shape index (κ2) is 8.69. The van der Waals surface area contributed by atoms with E-state index in [0.717, 1.165) is 17.7 Å². The number of aromatic nitrogens is 2. The van der Waals surface area contributed by atoms with Crippen LogP contribution in [0.15, 0.2) is 59.5 Å². The molecule has 0 N–H and O–H groups in total. The number of nitrogens with zero attached hydrogens (tertiary/aromatic N) is 2. The largest absolute Gasteiger partial charge is 0.489 e. The van der Waals surface area contributed by atoms with Gasteiger partial charge < -0.3 is 14.0 Å². The van der Waals surface area contributed by atoms with Crippen LogP contribution in [0.3, 0.4) is 0 Å². The third-order valence-electron chi connectivity index (χ3n) is 4.09. The Balaban J connectivity index is 1.60. The van der Waals surface area contributed by atoms with Crippen molar-refractivity contribution in [1.29, 1.82) is 0 Å². The van der Waals surface area contributed by atoms with Crippen LogP contribution < -0.4 is 4.74 Å². The summed E-state index contributed by atoms with van der Waals surface area (Å²) in [4.78, 5) is 15.4. The molecule has 0 spiro atoms. The smallest absolute Gasteiger partial charge is 0.416 e. The number of halogens is 4. The Morgan fingerprint density at radius 3 is 2.52 bits per heavy atom. The van der Waals surface area contributed by atoms with Crippen LogP contribution in [-0.4, -0.2) is 22.6 Å². The summed E-state index contributed by atoms with van der Waals surface area (Å²) < 4.78 is 50.5. The number of methoxy groups -OCH3 is 1. The third-order valence-corrected chi connectivity index (χ3v) is 4.83. The van der Waals surface area contributed by atoms with E-state index in [0.29, 0.717) is 22.3 Å². The molecule has 0 saturated heterocycles. The molecule has 9 heteroatoms. The molecule has 0 unspecified atom stereocenters. The molecule has 0 aliphatic rings. The minimum absolute atomic E-state index is 0.127. The number of benzene rings is 2. The van der Waals surface area contributed by atoms with Gasteiger partial charge in [-0.2, -0.15) is 13.2 Å². The summed E-state index contributed by atoms with van der Waals surface area (Å²) in [5, 5.41) is 0. The molecule has 0 atom stereocenters. The lowest BCUT2D eigenvalue weighted by atomic mass is 10.1. The molecular formula is C20H16BrF3N2O3. The first-order chi connectivity index (χ1) is 13.8. The number of imidazole rings is 1. The molecule has 0 amide bonds. The predicted octanol–water partition coefficient (Wildman–Crippen LogP) is 5.08. The monoisotopic (exact) mass is 468 g/mol. The maximum absolute atomic E-state index is 12.7. The molecule has 1 aromatic heterocycles. The molecule has 3 aromatic rings. The zero-order valence-corrected chi connectivity index (χ0v) is 16.8. The Hall–Kier alpha value is -2.81. The van der Waals surface area contributed by atoms with E-state index in [1.807, 2.05) is 12.1 Å². The number of ether oxygens (including phenoxy) is 2. The van der Waals surface area contributed by atoms with Crippen molar-refractivity contribution in [1.82, 2.24) is 9.55 Å². The van der Waals surface area contributed by atoms with Gasteiger partial charge in [-0.15, -0.1) is 0 Å². The zero-order chi connectivity index (χ0) is 21.0. The second-order valence-electron chi connectivity index (χ2n) is 6.16. The number of alkyl halides is 3. The van der Waals surface area contributed by atoms with Gasteiger partial charge in [0.25, 0.3) is 0 Å². The first-order valence-electron chi connectivity index (χ1n) is 8.43. The molecule has 3 rings (SSSR count). The lowest BCUT2D eigenvalue weighted by Gasteiger charge is -2.12. The predicted molar refractivity (Wildman–Crippen MR) is 103 cm³/mol. The highest BCUT2D eigenvalue weighted by molar-refractivity contribution is 9.10. The van der Waals surface area contributed by atoms with E-state index < -0.39 is 17.7 Å². The van der Waals surface area contributed by atoms with E-state index in [1.165, 1.54) is 13.2 Å². The summed E-state index contributed by atoms with van der Waals surface area (Å²) in [6.45, 7) is 0.636. The molecule has 0 aliphatic heterocycles. The molecule has 0 radical (unpaired) electrons. The van der Waals surface area contributed by atoms with Crippen molar-refractivity contribution in [2.45, 2.75) is 19.3 Å². The van der Waals surface area contributed by atoms with E-state index in [9.17, 15) is 18.0 Å². The van der Waals surface area contributed by atoms with Crippen molar-refractivity contribution in [2.24, 2.45) is 0 Å². The summed E-state index contributed by atoms with van der Waals surface area (Å²) >= 11 is 3.16. The normalized spacial score (nSPS) is 11.3. The molecule has 0 bridgehead atoms. The van der Waals surface area contributed by atoms with Crippen molar-refractivity contribution in [3.05, 3.63) is 81.8 Å². The summed E-state index contributed by atoms with van der Waals surface area (Å²) in [7, 11) is 1.29. The topological polar surface area (TPSA) is 53.4 Å². The Labute approximate surface area is 173 Å². The van der Waals surface area contributed by atoms with E-state index in [1.54, 1.807) is 29.2 Å². The van der Waals surface area contributed by atoms with Crippen LogP contribution in [0.1, 0.15) is 27.2 Å². The molecule has 2 aromatic carbocycles. The quantitative estimate of drug-likeness (QED) is 0.473. The average Bonchev–Trinajstić information content (AvgIpc) is 3.15. The van der Waals surface area contributed by atoms with Gasteiger partial charge in [0.1, 0.15) is 12.4 Å². The van der Waals surface area contributed by atoms with Crippen LogP contribution in [0, 0.1) is 0 Å². The minimum Gasteiger partial charge on any atom is -0.489 e. The van der Waals surface area contributed by atoms with Crippen molar-refractivity contribution in [3.8, 4) is 5.75 Å². The van der Waals surface area contributed by atoms with E-state index in [-0.39, 0.29) is 12.3 Å². The van der Waals surface area contributed by atoms with Gasteiger partial charge in [0, 0.05) is 22.8 Å². The second-order valence-corrected chi connectivity index (χ2v) is 7.01. The molecule has 0 aliphatic carbocycles. The van der Waals surface area contributed by atoms with Gasteiger partial charge in [-0.3, -0.25) is 0 Å². The highest BCUT2D eigenvalue weighted by Gasteiger charge is 2.30. The van der Waals surface area contributed by atoms with Gasteiger partial charge in [0.05, 0.1) is 19.0 Å². The third kappa shape index (κ3) is 5.38. The first-order valence-corrected chi connectivity index (χ1v) is 9.23.